The van der Waals surface area contributed by atoms with E-state index in [-0.39, 0.29) is 24.7 Å². The first-order chi connectivity index (χ1) is 11.7. The third kappa shape index (κ3) is 4.01. The van der Waals surface area contributed by atoms with Crippen LogP contribution in [0.25, 0.3) is 11.4 Å². The molecule has 1 N–H and O–H groups in total. The Kier molecular flexibility index (Phi) is 4.90. The molecule has 0 unspecified atom stereocenters. The average Bonchev–Trinajstić information content (AvgIpc) is 3.09. The van der Waals surface area contributed by atoms with Crippen molar-refractivity contribution in [2.45, 2.75) is 19.4 Å². The maximum Gasteiger partial charge on any atom is 0.227 e. The van der Waals surface area contributed by atoms with Gasteiger partial charge in [-0.1, -0.05) is 23.4 Å². The minimum absolute atomic E-state index is 0.149. The minimum atomic E-state index is -0.337. The number of benzene rings is 1. The number of halogens is 1. The molecule has 24 heavy (non-hydrogen) atoms. The first-order valence-corrected chi connectivity index (χ1v) is 7.45. The predicted molar refractivity (Wildman–Crippen MR) is 84.1 cm³/mol. The molecular formula is C17H15FN4O2. The summed E-state index contributed by atoms with van der Waals surface area (Å²) in [5.41, 5.74) is 1.19. The largest absolute Gasteiger partial charge is 0.352 e. The highest BCUT2D eigenvalue weighted by atomic mass is 19.1. The zero-order valence-electron chi connectivity index (χ0n) is 12.8. The number of aryl methyl sites for hydroxylation is 1. The number of carbonyl (C=O) groups excluding carboxylic acids is 1. The molecule has 7 heteroatoms. The van der Waals surface area contributed by atoms with E-state index in [1.54, 1.807) is 36.7 Å². The molecule has 0 aliphatic heterocycles. The van der Waals surface area contributed by atoms with Gasteiger partial charge in [-0.15, -0.1) is 0 Å². The first kappa shape index (κ1) is 15.8. The number of aromatic nitrogens is 3. The van der Waals surface area contributed by atoms with E-state index < -0.39 is 0 Å². The fraction of sp³-hybridized carbons (Fsp3) is 0.176. The monoisotopic (exact) mass is 326 g/mol. The van der Waals surface area contributed by atoms with Crippen LogP contribution in [0.4, 0.5) is 4.39 Å². The Balaban J connectivity index is 1.50. The van der Waals surface area contributed by atoms with Gasteiger partial charge >= 0.3 is 0 Å². The lowest BCUT2D eigenvalue weighted by Gasteiger charge is -2.05. The van der Waals surface area contributed by atoms with E-state index in [2.05, 4.69) is 20.4 Å². The fourth-order valence-electron chi connectivity index (χ4n) is 2.11. The number of pyridine rings is 1. The molecule has 0 bridgehead atoms. The van der Waals surface area contributed by atoms with Gasteiger partial charge in [0.25, 0.3) is 0 Å². The predicted octanol–water partition coefficient (Wildman–Crippen LogP) is 2.52. The van der Waals surface area contributed by atoms with Gasteiger partial charge in [-0.25, -0.2) is 4.39 Å². The molecule has 0 spiro atoms. The topological polar surface area (TPSA) is 80.9 Å². The second kappa shape index (κ2) is 7.45. The van der Waals surface area contributed by atoms with Crippen LogP contribution in [-0.4, -0.2) is 21.0 Å². The normalized spacial score (nSPS) is 10.5. The first-order valence-electron chi connectivity index (χ1n) is 7.45. The summed E-state index contributed by atoms with van der Waals surface area (Å²) in [6, 6.07) is 9.93. The zero-order chi connectivity index (χ0) is 16.8. The Labute approximate surface area is 137 Å². The third-order valence-electron chi connectivity index (χ3n) is 3.39. The Bertz CT molecular complexity index is 820. The van der Waals surface area contributed by atoms with Crippen LogP contribution in [0.2, 0.25) is 0 Å². The van der Waals surface area contributed by atoms with Crippen LogP contribution in [0.15, 0.2) is 53.3 Å². The molecule has 2 heterocycles. The second-order valence-electron chi connectivity index (χ2n) is 5.12. The lowest BCUT2D eigenvalue weighted by atomic mass is 10.2. The molecule has 0 fully saturated rings. The Morgan fingerprint density at radius 2 is 2.08 bits per heavy atom. The summed E-state index contributed by atoms with van der Waals surface area (Å²) < 4.78 is 18.6. The van der Waals surface area contributed by atoms with Gasteiger partial charge in [0, 0.05) is 42.9 Å². The smallest absolute Gasteiger partial charge is 0.227 e. The SMILES string of the molecule is O=C(CCc1nc(-c2cccnc2)no1)NCc1ccccc1F. The Morgan fingerprint density at radius 3 is 2.88 bits per heavy atom. The molecule has 122 valence electrons. The third-order valence-corrected chi connectivity index (χ3v) is 3.39. The summed E-state index contributed by atoms with van der Waals surface area (Å²) in [4.78, 5) is 20.1. The number of hydrogen-bond acceptors (Lipinski definition) is 5. The molecule has 0 aliphatic rings. The number of amides is 1. The van der Waals surface area contributed by atoms with Crippen LogP contribution < -0.4 is 5.32 Å². The van der Waals surface area contributed by atoms with E-state index in [4.69, 9.17) is 4.52 Å². The van der Waals surface area contributed by atoms with Crippen LogP contribution in [-0.2, 0) is 17.8 Å². The van der Waals surface area contributed by atoms with Crippen molar-refractivity contribution in [3.05, 3.63) is 66.1 Å². The maximum absolute atomic E-state index is 13.5. The Morgan fingerprint density at radius 1 is 1.21 bits per heavy atom. The van der Waals surface area contributed by atoms with Crippen LogP contribution in [0.3, 0.4) is 0 Å². The highest BCUT2D eigenvalue weighted by Crippen LogP contribution is 2.14. The summed E-state index contributed by atoms with van der Waals surface area (Å²) in [7, 11) is 0. The van der Waals surface area contributed by atoms with E-state index in [1.807, 2.05) is 6.07 Å². The standard InChI is InChI=1S/C17H15FN4O2/c18-14-6-2-1-4-12(14)11-20-15(23)7-8-16-21-17(22-24-16)13-5-3-9-19-10-13/h1-6,9-10H,7-8,11H2,(H,20,23). The molecule has 6 nitrogen and oxygen atoms in total. The van der Waals surface area contributed by atoms with Crippen LogP contribution in [0, 0.1) is 5.82 Å². The van der Waals surface area contributed by atoms with Crippen molar-refractivity contribution in [1.29, 1.82) is 0 Å². The van der Waals surface area contributed by atoms with Gasteiger partial charge in [-0.2, -0.15) is 4.98 Å². The van der Waals surface area contributed by atoms with E-state index in [9.17, 15) is 9.18 Å². The average molecular weight is 326 g/mol. The van der Waals surface area contributed by atoms with Gasteiger partial charge in [-0.05, 0) is 18.2 Å². The van der Waals surface area contributed by atoms with Crippen LogP contribution in [0.5, 0.6) is 0 Å². The van der Waals surface area contributed by atoms with Crippen molar-refractivity contribution in [3.8, 4) is 11.4 Å². The van der Waals surface area contributed by atoms with E-state index in [1.165, 1.54) is 6.07 Å². The molecule has 0 atom stereocenters. The molecule has 0 radical (unpaired) electrons. The van der Waals surface area contributed by atoms with Gasteiger partial charge in [0.2, 0.25) is 17.6 Å². The molecule has 3 aromatic rings. The molecule has 0 aliphatic carbocycles. The summed E-state index contributed by atoms with van der Waals surface area (Å²) >= 11 is 0. The lowest BCUT2D eigenvalue weighted by molar-refractivity contribution is -0.121. The lowest BCUT2D eigenvalue weighted by Crippen LogP contribution is -2.23. The van der Waals surface area contributed by atoms with Crippen LogP contribution in [0.1, 0.15) is 17.9 Å². The van der Waals surface area contributed by atoms with Crippen molar-refractivity contribution < 1.29 is 13.7 Å². The second-order valence-corrected chi connectivity index (χ2v) is 5.12. The number of nitrogens with zero attached hydrogens (tertiary/aromatic N) is 3. The molecule has 0 saturated heterocycles. The molecule has 2 aromatic heterocycles. The Hall–Kier alpha value is -3.09. The summed E-state index contributed by atoms with van der Waals surface area (Å²) in [6.45, 7) is 0.149. The molecular weight excluding hydrogens is 311 g/mol. The van der Waals surface area contributed by atoms with E-state index >= 15 is 0 Å². The van der Waals surface area contributed by atoms with E-state index in [0.29, 0.717) is 23.7 Å². The quantitative estimate of drug-likeness (QED) is 0.753. The van der Waals surface area contributed by atoms with Crippen molar-refractivity contribution >= 4 is 5.91 Å². The van der Waals surface area contributed by atoms with Crippen molar-refractivity contribution in [3.63, 3.8) is 0 Å². The zero-order valence-corrected chi connectivity index (χ0v) is 12.8. The van der Waals surface area contributed by atoms with E-state index in [0.717, 1.165) is 5.56 Å². The molecule has 1 amide bonds. The molecule has 0 saturated carbocycles. The summed E-state index contributed by atoms with van der Waals surface area (Å²) in [5.74, 6) is 0.259. The maximum atomic E-state index is 13.5. The van der Waals surface area contributed by atoms with Gasteiger partial charge in [-0.3, -0.25) is 9.78 Å². The number of nitrogens with one attached hydrogen (secondary N) is 1. The summed E-state index contributed by atoms with van der Waals surface area (Å²) in [5, 5.41) is 6.53. The summed E-state index contributed by atoms with van der Waals surface area (Å²) in [6.07, 6.45) is 3.79. The van der Waals surface area contributed by atoms with Crippen LogP contribution >= 0.6 is 0 Å². The number of carbonyl (C=O) groups is 1. The van der Waals surface area contributed by atoms with Gasteiger partial charge < -0.3 is 9.84 Å². The number of hydrogen-bond donors (Lipinski definition) is 1. The van der Waals surface area contributed by atoms with Gasteiger partial charge in [0.1, 0.15) is 5.82 Å². The highest BCUT2D eigenvalue weighted by molar-refractivity contribution is 5.76. The molecule has 1 aromatic carbocycles. The van der Waals surface area contributed by atoms with Crippen molar-refractivity contribution in [2.75, 3.05) is 0 Å². The van der Waals surface area contributed by atoms with Crippen molar-refractivity contribution in [2.24, 2.45) is 0 Å². The fourth-order valence-corrected chi connectivity index (χ4v) is 2.11. The van der Waals surface area contributed by atoms with Gasteiger partial charge in [0.05, 0.1) is 0 Å². The molecule has 3 rings (SSSR count). The van der Waals surface area contributed by atoms with Crippen molar-refractivity contribution in [1.82, 2.24) is 20.4 Å². The van der Waals surface area contributed by atoms with Gasteiger partial charge in [0.15, 0.2) is 0 Å². The minimum Gasteiger partial charge on any atom is -0.352 e. The number of rotatable bonds is 6. The highest BCUT2D eigenvalue weighted by Gasteiger charge is 2.11.